The van der Waals surface area contributed by atoms with Crippen molar-refractivity contribution in [2.45, 2.75) is 0 Å². The second-order valence-electron chi connectivity index (χ2n) is 3.53. The monoisotopic (exact) mass is 298 g/mol. The quantitative estimate of drug-likeness (QED) is 0.625. The highest BCUT2D eigenvalue weighted by molar-refractivity contribution is 6.69. The Hall–Kier alpha value is -1.22. The molecule has 2 nitrogen and oxygen atoms in total. The van der Waals surface area contributed by atoms with Crippen molar-refractivity contribution in [3.63, 3.8) is 0 Å². The summed E-state index contributed by atoms with van der Waals surface area (Å²) in [4.78, 5) is 0. The largest absolute Gasteiger partial charge is 0.277 e. The van der Waals surface area contributed by atoms with E-state index in [0.29, 0.717) is 15.2 Å². The van der Waals surface area contributed by atoms with E-state index in [2.05, 4.69) is 10.5 Å². The van der Waals surface area contributed by atoms with Crippen molar-refractivity contribution in [1.82, 2.24) is 0 Å². The minimum absolute atomic E-state index is 0.363. The van der Waals surface area contributed by atoms with Gasteiger partial charge in [0.2, 0.25) is 0 Å². The summed E-state index contributed by atoms with van der Waals surface area (Å²) >= 11 is 17.6. The van der Waals surface area contributed by atoms with E-state index in [1.165, 1.54) is 0 Å². The fraction of sp³-hybridized carbons (Fsp3) is 0. The summed E-state index contributed by atoms with van der Waals surface area (Å²) in [6.07, 6.45) is 0. The van der Waals surface area contributed by atoms with Crippen molar-refractivity contribution in [3.8, 4) is 0 Å². The number of anilines is 1. The van der Waals surface area contributed by atoms with Gasteiger partial charge in [-0.1, -0.05) is 46.9 Å². The maximum absolute atomic E-state index is 6.06. The Morgan fingerprint density at radius 1 is 0.833 bits per heavy atom. The van der Waals surface area contributed by atoms with Gasteiger partial charge in [0.05, 0.1) is 5.69 Å². The number of hydrogen-bond donors (Lipinski definition) is 1. The van der Waals surface area contributed by atoms with Crippen molar-refractivity contribution >= 4 is 45.7 Å². The third-order valence-corrected chi connectivity index (χ3v) is 3.02. The van der Waals surface area contributed by atoms with Gasteiger partial charge in [0.15, 0.2) is 5.17 Å². The highest BCUT2D eigenvalue weighted by atomic mass is 35.5. The van der Waals surface area contributed by atoms with Crippen LogP contribution >= 0.6 is 34.8 Å². The molecule has 5 heteroatoms. The summed E-state index contributed by atoms with van der Waals surface area (Å²) in [5, 5.41) is 5.77. The average Bonchev–Trinajstić information content (AvgIpc) is 2.38. The lowest BCUT2D eigenvalue weighted by Gasteiger charge is -2.02. The minimum Gasteiger partial charge on any atom is -0.277 e. The topological polar surface area (TPSA) is 24.4 Å². The Labute approximate surface area is 120 Å². The van der Waals surface area contributed by atoms with Gasteiger partial charge in [-0.05, 0) is 36.4 Å². The summed E-state index contributed by atoms with van der Waals surface area (Å²) in [6.45, 7) is 0. The molecule has 0 amide bonds. The molecule has 92 valence electrons. The maximum atomic E-state index is 6.06. The second-order valence-corrected chi connectivity index (χ2v) is 4.76. The van der Waals surface area contributed by atoms with E-state index in [4.69, 9.17) is 34.8 Å². The zero-order chi connectivity index (χ0) is 13.0. The van der Waals surface area contributed by atoms with Gasteiger partial charge in [-0.2, -0.15) is 5.10 Å². The van der Waals surface area contributed by atoms with Gasteiger partial charge in [0.25, 0.3) is 0 Å². The first-order valence-corrected chi connectivity index (χ1v) is 6.29. The van der Waals surface area contributed by atoms with Crippen molar-refractivity contribution in [2.75, 3.05) is 5.43 Å². The normalized spacial score (nSPS) is 11.4. The second kappa shape index (κ2) is 6.10. The molecule has 2 aromatic rings. The number of halogens is 3. The first kappa shape index (κ1) is 13.2. The van der Waals surface area contributed by atoms with Gasteiger partial charge in [-0.3, -0.25) is 5.43 Å². The van der Waals surface area contributed by atoms with Gasteiger partial charge >= 0.3 is 0 Å². The summed E-state index contributed by atoms with van der Waals surface area (Å²) in [5.41, 5.74) is 4.45. The molecule has 2 aromatic carbocycles. The van der Waals surface area contributed by atoms with Crippen molar-refractivity contribution in [2.24, 2.45) is 5.10 Å². The molecule has 0 bridgehead atoms. The van der Waals surface area contributed by atoms with E-state index in [-0.39, 0.29) is 0 Å². The Bertz CT molecular complexity index is 547. The lowest BCUT2D eigenvalue weighted by Crippen LogP contribution is -1.96. The van der Waals surface area contributed by atoms with Crippen molar-refractivity contribution < 1.29 is 0 Å². The molecule has 18 heavy (non-hydrogen) atoms. The summed E-state index contributed by atoms with van der Waals surface area (Å²) in [5.74, 6) is 0. The van der Waals surface area contributed by atoms with E-state index in [1.807, 2.05) is 12.1 Å². The van der Waals surface area contributed by atoms with Crippen LogP contribution in [0.2, 0.25) is 10.0 Å². The molecule has 0 aliphatic rings. The standard InChI is InChI=1S/C13H9Cl3N2/c14-10-3-1-9(2-4-10)13(16)18-17-12-7-5-11(15)6-8-12/h1-8,17H. The molecule has 1 N–H and O–H groups in total. The lowest BCUT2D eigenvalue weighted by atomic mass is 10.2. The van der Waals surface area contributed by atoms with Crippen LogP contribution < -0.4 is 5.43 Å². The van der Waals surface area contributed by atoms with Gasteiger partial charge in [-0.15, -0.1) is 0 Å². The molecule has 0 radical (unpaired) electrons. The Kier molecular flexibility index (Phi) is 4.48. The van der Waals surface area contributed by atoms with Gasteiger partial charge in [-0.25, -0.2) is 0 Å². The van der Waals surface area contributed by atoms with Crippen LogP contribution in [-0.2, 0) is 0 Å². The fourth-order valence-electron chi connectivity index (χ4n) is 1.29. The summed E-state index contributed by atoms with van der Waals surface area (Å²) in [7, 11) is 0. The molecule has 0 aliphatic carbocycles. The van der Waals surface area contributed by atoms with E-state index >= 15 is 0 Å². The van der Waals surface area contributed by atoms with Crippen LogP contribution in [0.4, 0.5) is 5.69 Å². The van der Waals surface area contributed by atoms with Crippen LogP contribution in [0.15, 0.2) is 53.6 Å². The van der Waals surface area contributed by atoms with Gasteiger partial charge in [0, 0.05) is 15.6 Å². The number of nitrogens with one attached hydrogen (secondary N) is 1. The van der Waals surface area contributed by atoms with Gasteiger partial charge < -0.3 is 0 Å². The molecular formula is C13H9Cl3N2. The number of rotatable bonds is 3. The minimum atomic E-state index is 0.363. The number of benzene rings is 2. The molecule has 0 aromatic heterocycles. The van der Waals surface area contributed by atoms with E-state index in [0.717, 1.165) is 11.3 Å². The van der Waals surface area contributed by atoms with Crippen LogP contribution in [0.25, 0.3) is 0 Å². The number of nitrogens with zero attached hydrogens (tertiary/aromatic N) is 1. The molecule has 0 saturated carbocycles. The predicted molar refractivity (Wildman–Crippen MR) is 78.9 cm³/mol. The van der Waals surface area contributed by atoms with Crippen molar-refractivity contribution in [3.05, 3.63) is 64.1 Å². The molecule has 0 saturated heterocycles. The Morgan fingerprint density at radius 3 is 1.89 bits per heavy atom. The lowest BCUT2D eigenvalue weighted by molar-refractivity contribution is 1.34. The maximum Gasteiger partial charge on any atom is 0.156 e. The molecule has 0 aliphatic heterocycles. The molecule has 0 fully saturated rings. The smallest absolute Gasteiger partial charge is 0.156 e. The molecule has 0 spiro atoms. The molecule has 0 heterocycles. The van der Waals surface area contributed by atoms with Crippen LogP contribution in [0.5, 0.6) is 0 Å². The zero-order valence-corrected chi connectivity index (χ0v) is 11.5. The molecule has 0 unspecified atom stereocenters. The predicted octanol–water partition coefficient (Wildman–Crippen LogP) is 5.01. The SMILES string of the molecule is ClC(=NNc1ccc(Cl)cc1)c1ccc(Cl)cc1. The molecule has 2 rings (SSSR count). The molecule has 0 atom stereocenters. The summed E-state index contributed by atoms with van der Waals surface area (Å²) < 4.78 is 0. The third-order valence-electron chi connectivity index (χ3n) is 2.21. The molecular weight excluding hydrogens is 291 g/mol. The highest BCUT2D eigenvalue weighted by Gasteiger charge is 1.99. The first-order chi connectivity index (χ1) is 8.65. The zero-order valence-electron chi connectivity index (χ0n) is 9.20. The summed E-state index contributed by atoms with van der Waals surface area (Å²) in [6, 6.07) is 14.3. The Balaban J connectivity index is 2.09. The fourth-order valence-corrected chi connectivity index (χ4v) is 1.71. The van der Waals surface area contributed by atoms with E-state index < -0.39 is 0 Å². The number of hydrogen-bond acceptors (Lipinski definition) is 2. The van der Waals surface area contributed by atoms with Crippen molar-refractivity contribution in [1.29, 1.82) is 0 Å². The number of hydrazone groups is 1. The van der Waals surface area contributed by atoms with Crippen LogP contribution in [0.3, 0.4) is 0 Å². The van der Waals surface area contributed by atoms with Crippen LogP contribution in [0, 0.1) is 0 Å². The van der Waals surface area contributed by atoms with E-state index in [1.54, 1.807) is 36.4 Å². The highest BCUT2D eigenvalue weighted by Crippen LogP contribution is 2.15. The van der Waals surface area contributed by atoms with Gasteiger partial charge in [0.1, 0.15) is 0 Å². The average molecular weight is 300 g/mol. The third kappa shape index (κ3) is 3.64. The van der Waals surface area contributed by atoms with E-state index in [9.17, 15) is 0 Å². The first-order valence-electron chi connectivity index (χ1n) is 5.16. The van der Waals surface area contributed by atoms with Crippen LogP contribution in [0.1, 0.15) is 5.56 Å². The Morgan fingerprint density at radius 2 is 1.33 bits per heavy atom. The van der Waals surface area contributed by atoms with Crippen LogP contribution in [-0.4, -0.2) is 5.17 Å².